The highest BCUT2D eigenvalue weighted by Crippen LogP contribution is 2.06. The van der Waals surface area contributed by atoms with Crippen molar-refractivity contribution in [2.24, 2.45) is 0 Å². The van der Waals surface area contributed by atoms with E-state index in [4.69, 9.17) is 0 Å². The Hall–Kier alpha value is -1.18. The number of benzene rings is 1. The monoisotopic (exact) mass is 180 g/mol. The van der Waals surface area contributed by atoms with Gasteiger partial charge in [0.2, 0.25) is 0 Å². The normalized spacial score (nSPS) is 10.0. The van der Waals surface area contributed by atoms with Crippen LogP contribution in [0.5, 0.6) is 0 Å². The van der Waals surface area contributed by atoms with E-state index < -0.39 is 0 Å². The first-order chi connectivity index (χ1) is 6.22. The number of halogens is 1. The molecule has 0 heterocycles. The molecule has 0 aliphatic carbocycles. The third-order valence-corrected chi connectivity index (χ3v) is 2.00. The van der Waals surface area contributed by atoms with Crippen molar-refractivity contribution in [1.29, 1.82) is 0 Å². The van der Waals surface area contributed by atoms with Crippen LogP contribution in [0.3, 0.4) is 0 Å². The molecule has 2 heteroatoms. The Morgan fingerprint density at radius 2 is 1.92 bits per heavy atom. The maximum Gasteiger partial charge on any atom is 0.132 e. The van der Waals surface area contributed by atoms with Crippen LogP contribution in [0.25, 0.3) is 0 Å². The van der Waals surface area contributed by atoms with Gasteiger partial charge in [-0.3, -0.25) is 4.79 Å². The van der Waals surface area contributed by atoms with E-state index in [2.05, 4.69) is 0 Å². The van der Waals surface area contributed by atoms with Crippen molar-refractivity contribution >= 4 is 5.78 Å². The van der Waals surface area contributed by atoms with Gasteiger partial charge in [-0.15, -0.1) is 0 Å². The average molecular weight is 180 g/mol. The van der Waals surface area contributed by atoms with E-state index in [-0.39, 0.29) is 11.6 Å². The van der Waals surface area contributed by atoms with Crippen LogP contribution >= 0.6 is 0 Å². The highest BCUT2D eigenvalue weighted by atomic mass is 19.1. The maximum atomic E-state index is 12.5. The van der Waals surface area contributed by atoms with Crippen molar-refractivity contribution in [2.75, 3.05) is 0 Å². The molecule has 0 amide bonds. The van der Waals surface area contributed by atoms with Crippen LogP contribution in [-0.4, -0.2) is 5.78 Å². The lowest BCUT2D eigenvalue weighted by Gasteiger charge is -1.99. The summed E-state index contributed by atoms with van der Waals surface area (Å²) in [6.07, 6.45) is 1.86. The average Bonchev–Trinajstić information content (AvgIpc) is 2.16. The van der Waals surface area contributed by atoms with Gasteiger partial charge in [-0.05, 0) is 24.1 Å². The zero-order chi connectivity index (χ0) is 9.68. The van der Waals surface area contributed by atoms with Crippen LogP contribution < -0.4 is 0 Å². The summed E-state index contributed by atoms with van der Waals surface area (Å²) in [5, 5.41) is 0. The molecular formula is C11H13FO. The molecule has 0 N–H and O–H groups in total. The molecule has 0 aliphatic heterocycles. The SMILES string of the molecule is CCC(=O)CCc1ccc(F)cc1. The van der Waals surface area contributed by atoms with Gasteiger partial charge in [-0.25, -0.2) is 4.39 Å². The topological polar surface area (TPSA) is 17.1 Å². The third-order valence-electron chi connectivity index (χ3n) is 2.00. The lowest BCUT2D eigenvalue weighted by molar-refractivity contribution is -0.118. The molecule has 0 spiro atoms. The smallest absolute Gasteiger partial charge is 0.132 e. The lowest BCUT2D eigenvalue weighted by Crippen LogP contribution is -1.97. The molecule has 0 saturated carbocycles. The fourth-order valence-corrected chi connectivity index (χ4v) is 1.11. The van der Waals surface area contributed by atoms with Gasteiger partial charge < -0.3 is 0 Å². The summed E-state index contributed by atoms with van der Waals surface area (Å²) in [6.45, 7) is 1.85. The van der Waals surface area contributed by atoms with Gasteiger partial charge in [-0.2, -0.15) is 0 Å². The molecule has 1 rings (SSSR count). The van der Waals surface area contributed by atoms with Gasteiger partial charge >= 0.3 is 0 Å². The predicted molar refractivity (Wildman–Crippen MR) is 50.0 cm³/mol. The molecule has 0 unspecified atom stereocenters. The van der Waals surface area contributed by atoms with Gasteiger partial charge in [0.05, 0.1) is 0 Å². The van der Waals surface area contributed by atoms with Crippen LogP contribution in [-0.2, 0) is 11.2 Å². The zero-order valence-electron chi connectivity index (χ0n) is 7.72. The summed E-state index contributed by atoms with van der Waals surface area (Å²) in [6, 6.07) is 6.29. The maximum absolute atomic E-state index is 12.5. The summed E-state index contributed by atoms with van der Waals surface area (Å²) >= 11 is 0. The molecule has 0 bridgehead atoms. The van der Waals surface area contributed by atoms with Crippen LogP contribution in [0.4, 0.5) is 4.39 Å². The van der Waals surface area contributed by atoms with Gasteiger partial charge in [0.15, 0.2) is 0 Å². The molecule has 1 aromatic carbocycles. The Morgan fingerprint density at radius 1 is 1.31 bits per heavy atom. The Kier molecular flexibility index (Phi) is 3.62. The van der Waals surface area contributed by atoms with Crippen LogP contribution in [0.15, 0.2) is 24.3 Å². The molecule has 1 nitrogen and oxygen atoms in total. The van der Waals surface area contributed by atoms with Crippen molar-refractivity contribution in [1.82, 2.24) is 0 Å². The second-order valence-corrected chi connectivity index (χ2v) is 3.02. The third kappa shape index (κ3) is 3.36. The van der Waals surface area contributed by atoms with Gasteiger partial charge in [0, 0.05) is 12.8 Å². The molecule has 0 aliphatic rings. The quantitative estimate of drug-likeness (QED) is 0.696. The van der Waals surface area contributed by atoms with Crippen LogP contribution in [0.1, 0.15) is 25.3 Å². The molecule has 0 atom stereocenters. The predicted octanol–water partition coefficient (Wildman–Crippen LogP) is 2.74. The van der Waals surface area contributed by atoms with E-state index in [1.807, 2.05) is 6.92 Å². The van der Waals surface area contributed by atoms with E-state index in [1.54, 1.807) is 12.1 Å². The van der Waals surface area contributed by atoms with Gasteiger partial charge in [-0.1, -0.05) is 19.1 Å². The summed E-state index contributed by atoms with van der Waals surface area (Å²) < 4.78 is 12.5. The van der Waals surface area contributed by atoms with Crippen molar-refractivity contribution in [3.05, 3.63) is 35.6 Å². The number of hydrogen-bond acceptors (Lipinski definition) is 1. The van der Waals surface area contributed by atoms with E-state index in [1.165, 1.54) is 12.1 Å². The Labute approximate surface area is 77.6 Å². The molecule has 70 valence electrons. The Balaban J connectivity index is 2.46. The van der Waals surface area contributed by atoms with E-state index >= 15 is 0 Å². The first kappa shape index (κ1) is 9.90. The minimum Gasteiger partial charge on any atom is -0.300 e. The highest BCUT2D eigenvalue weighted by molar-refractivity contribution is 5.78. The number of carbonyl (C=O) groups is 1. The van der Waals surface area contributed by atoms with Gasteiger partial charge in [0.25, 0.3) is 0 Å². The lowest BCUT2D eigenvalue weighted by atomic mass is 10.1. The number of aryl methyl sites for hydroxylation is 1. The second-order valence-electron chi connectivity index (χ2n) is 3.02. The second kappa shape index (κ2) is 4.75. The number of hydrogen-bond donors (Lipinski definition) is 0. The first-order valence-corrected chi connectivity index (χ1v) is 4.48. The van der Waals surface area contributed by atoms with Crippen molar-refractivity contribution in [3.63, 3.8) is 0 Å². The number of ketones is 1. The zero-order valence-corrected chi connectivity index (χ0v) is 7.72. The van der Waals surface area contributed by atoms with E-state index in [0.717, 1.165) is 5.56 Å². The minimum absolute atomic E-state index is 0.231. The molecule has 0 radical (unpaired) electrons. The fraction of sp³-hybridized carbons (Fsp3) is 0.364. The summed E-state index contributed by atoms with van der Waals surface area (Å²) in [5.41, 5.74) is 1.02. The van der Waals surface area contributed by atoms with Crippen LogP contribution in [0, 0.1) is 5.82 Å². The largest absolute Gasteiger partial charge is 0.300 e. The number of Topliss-reactive ketones (excluding diaryl/α,β-unsaturated/α-hetero) is 1. The standard InChI is InChI=1S/C11H13FO/c1-2-11(13)8-5-9-3-6-10(12)7-4-9/h3-4,6-7H,2,5,8H2,1H3. The molecule has 1 aromatic rings. The summed E-state index contributed by atoms with van der Waals surface area (Å²) in [5.74, 6) is 0.0230. The first-order valence-electron chi connectivity index (χ1n) is 4.48. The minimum atomic E-state index is -0.231. The number of rotatable bonds is 4. The van der Waals surface area contributed by atoms with Gasteiger partial charge in [0.1, 0.15) is 11.6 Å². The van der Waals surface area contributed by atoms with E-state index in [0.29, 0.717) is 19.3 Å². The van der Waals surface area contributed by atoms with Crippen molar-refractivity contribution in [2.45, 2.75) is 26.2 Å². The summed E-state index contributed by atoms with van der Waals surface area (Å²) in [4.78, 5) is 11.0. The molecule has 13 heavy (non-hydrogen) atoms. The van der Waals surface area contributed by atoms with Crippen molar-refractivity contribution in [3.8, 4) is 0 Å². The van der Waals surface area contributed by atoms with E-state index in [9.17, 15) is 9.18 Å². The summed E-state index contributed by atoms with van der Waals surface area (Å²) in [7, 11) is 0. The van der Waals surface area contributed by atoms with Crippen LogP contribution in [0.2, 0.25) is 0 Å². The number of carbonyl (C=O) groups excluding carboxylic acids is 1. The fourth-order valence-electron chi connectivity index (χ4n) is 1.11. The molecule has 0 aromatic heterocycles. The Morgan fingerprint density at radius 3 is 2.46 bits per heavy atom. The van der Waals surface area contributed by atoms with Crippen molar-refractivity contribution < 1.29 is 9.18 Å². The molecule has 0 saturated heterocycles. The molecule has 0 fully saturated rings. The highest BCUT2D eigenvalue weighted by Gasteiger charge is 1.99. The molecular weight excluding hydrogens is 167 g/mol. The Bertz CT molecular complexity index is 277.